The van der Waals surface area contributed by atoms with Gasteiger partial charge in [0.1, 0.15) is 0 Å². The summed E-state index contributed by atoms with van der Waals surface area (Å²) in [5, 5.41) is 14.2. The molecule has 1 aromatic rings. The standard InChI is InChI=1S/C13H18N2O2/c1-2-13(7-8-13)10-14-9-11-5-3-4-6-12(11)15(16)17/h3-6,14H,2,7-10H2,1H3. The van der Waals surface area contributed by atoms with Crippen LogP contribution in [0.3, 0.4) is 0 Å². The van der Waals surface area contributed by atoms with Crippen molar-refractivity contribution in [1.82, 2.24) is 5.32 Å². The van der Waals surface area contributed by atoms with Gasteiger partial charge >= 0.3 is 0 Å². The lowest BCUT2D eigenvalue weighted by molar-refractivity contribution is -0.385. The lowest BCUT2D eigenvalue weighted by Gasteiger charge is -2.13. The highest BCUT2D eigenvalue weighted by Gasteiger charge is 2.39. The third-order valence-corrected chi connectivity index (χ3v) is 3.71. The summed E-state index contributed by atoms with van der Waals surface area (Å²) >= 11 is 0. The second kappa shape index (κ2) is 4.84. The molecule has 0 aliphatic heterocycles. The molecule has 0 unspecified atom stereocenters. The summed E-state index contributed by atoms with van der Waals surface area (Å²) in [6.45, 7) is 3.76. The van der Waals surface area contributed by atoms with Crippen LogP contribution >= 0.6 is 0 Å². The predicted molar refractivity (Wildman–Crippen MR) is 66.8 cm³/mol. The van der Waals surface area contributed by atoms with E-state index < -0.39 is 0 Å². The fraction of sp³-hybridized carbons (Fsp3) is 0.538. The van der Waals surface area contributed by atoms with Gasteiger partial charge in [-0.1, -0.05) is 25.1 Å². The molecular formula is C13H18N2O2. The summed E-state index contributed by atoms with van der Waals surface area (Å²) < 4.78 is 0. The van der Waals surface area contributed by atoms with Gasteiger partial charge in [0.15, 0.2) is 0 Å². The highest BCUT2D eigenvalue weighted by atomic mass is 16.6. The van der Waals surface area contributed by atoms with Crippen molar-refractivity contribution in [3.63, 3.8) is 0 Å². The zero-order valence-electron chi connectivity index (χ0n) is 10.1. The van der Waals surface area contributed by atoms with Gasteiger partial charge in [0.25, 0.3) is 5.69 Å². The second-order valence-corrected chi connectivity index (χ2v) is 4.84. The van der Waals surface area contributed by atoms with Crippen LogP contribution in [0, 0.1) is 15.5 Å². The highest BCUT2D eigenvalue weighted by molar-refractivity contribution is 5.39. The van der Waals surface area contributed by atoms with E-state index in [0.717, 1.165) is 12.1 Å². The first-order valence-electron chi connectivity index (χ1n) is 6.10. The smallest absolute Gasteiger partial charge is 0.273 e. The predicted octanol–water partition coefficient (Wildman–Crippen LogP) is 2.87. The molecule has 92 valence electrons. The number of para-hydroxylation sites is 1. The Morgan fingerprint density at radius 3 is 2.71 bits per heavy atom. The normalized spacial score (nSPS) is 16.8. The van der Waals surface area contributed by atoms with Crippen LogP contribution in [0.4, 0.5) is 5.69 Å². The molecule has 0 atom stereocenters. The molecule has 1 fully saturated rings. The summed E-state index contributed by atoms with van der Waals surface area (Å²) in [5.41, 5.74) is 1.45. The monoisotopic (exact) mass is 234 g/mol. The van der Waals surface area contributed by atoms with Crippen molar-refractivity contribution in [3.05, 3.63) is 39.9 Å². The Hall–Kier alpha value is -1.42. The highest BCUT2D eigenvalue weighted by Crippen LogP contribution is 2.47. The van der Waals surface area contributed by atoms with Crippen molar-refractivity contribution in [2.45, 2.75) is 32.7 Å². The van der Waals surface area contributed by atoms with Crippen LogP contribution < -0.4 is 5.32 Å². The number of nitro groups is 1. The van der Waals surface area contributed by atoms with Crippen molar-refractivity contribution < 1.29 is 4.92 Å². The molecule has 0 radical (unpaired) electrons. The minimum absolute atomic E-state index is 0.210. The molecule has 4 nitrogen and oxygen atoms in total. The first-order valence-corrected chi connectivity index (χ1v) is 6.10. The molecule has 0 bridgehead atoms. The van der Waals surface area contributed by atoms with E-state index in [-0.39, 0.29) is 10.6 Å². The maximum atomic E-state index is 10.8. The number of nitrogens with one attached hydrogen (secondary N) is 1. The minimum Gasteiger partial charge on any atom is -0.312 e. The molecule has 4 heteroatoms. The Kier molecular flexibility index (Phi) is 3.43. The van der Waals surface area contributed by atoms with Gasteiger partial charge in [-0.3, -0.25) is 10.1 Å². The van der Waals surface area contributed by atoms with Gasteiger partial charge in [-0.15, -0.1) is 0 Å². The lowest BCUT2D eigenvalue weighted by atomic mass is 10.0. The summed E-state index contributed by atoms with van der Waals surface area (Å²) in [5.74, 6) is 0. The summed E-state index contributed by atoms with van der Waals surface area (Å²) in [6, 6.07) is 6.92. The Morgan fingerprint density at radius 2 is 2.12 bits per heavy atom. The van der Waals surface area contributed by atoms with Crippen LogP contribution in [0.15, 0.2) is 24.3 Å². The SMILES string of the molecule is CCC1(CNCc2ccccc2[N+](=O)[O-])CC1. The van der Waals surface area contributed by atoms with E-state index in [2.05, 4.69) is 12.2 Å². The van der Waals surface area contributed by atoms with Crippen molar-refractivity contribution >= 4 is 5.69 Å². The fourth-order valence-electron chi connectivity index (χ4n) is 2.13. The summed E-state index contributed by atoms with van der Waals surface area (Å²) in [4.78, 5) is 10.5. The third kappa shape index (κ3) is 2.82. The number of hydrogen-bond acceptors (Lipinski definition) is 3. The molecule has 17 heavy (non-hydrogen) atoms. The Bertz CT molecular complexity index is 414. The first kappa shape index (κ1) is 12.0. The molecule has 0 spiro atoms. The lowest BCUT2D eigenvalue weighted by Crippen LogP contribution is -2.23. The van der Waals surface area contributed by atoms with Crippen LogP contribution in [-0.4, -0.2) is 11.5 Å². The van der Waals surface area contributed by atoms with E-state index in [1.807, 2.05) is 12.1 Å². The third-order valence-electron chi connectivity index (χ3n) is 3.71. The molecule has 0 aromatic heterocycles. The van der Waals surface area contributed by atoms with Gasteiger partial charge in [-0.05, 0) is 24.7 Å². The maximum absolute atomic E-state index is 10.8. The molecule has 1 N–H and O–H groups in total. The van der Waals surface area contributed by atoms with Gasteiger partial charge in [-0.2, -0.15) is 0 Å². The molecule has 0 amide bonds. The number of benzene rings is 1. The van der Waals surface area contributed by atoms with Crippen molar-refractivity contribution in [2.24, 2.45) is 5.41 Å². The number of nitro benzene ring substituents is 1. The van der Waals surface area contributed by atoms with Crippen molar-refractivity contribution in [3.8, 4) is 0 Å². The molecule has 1 aliphatic rings. The van der Waals surface area contributed by atoms with E-state index in [1.54, 1.807) is 12.1 Å². The molecule has 1 aliphatic carbocycles. The van der Waals surface area contributed by atoms with E-state index in [9.17, 15) is 10.1 Å². The van der Waals surface area contributed by atoms with Gasteiger partial charge in [-0.25, -0.2) is 0 Å². The first-order chi connectivity index (χ1) is 8.17. The Balaban J connectivity index is 1.92. The molecule has 2 rings (SSSR count). The van der Waals surface area contributed by atoms with Crippen molar-refractivity contribution in [1.29, 1.82) is 0 Å². The van der Waals surface area contributed by atoms with Gasteiger partial charge < -0.3 is 5.32 Å². The van der Waals surface area contributed by atoms with Crippen LogP contribution in [0.2, 0.25) is 0 Å². The average Bonchev–Trinajstić information content (AvgIpc) is 3.10. The molecular weight excluding hydrogens is 216 g/mol. The van der Waals surface area contributed by atoms with Gasteiger partial charge in [0.2, 0.25) is 0 Å². The topological polar surface area (TPSA) is 55.2 Å². The van der Waals surface area contributed by atoms with Crippen LogP contribution in [0.5, 0.6) is 0 Å². The molecule has 0 saturated heterocycles. The largest absolute Gasteiger partial charge is 0.312 e. The van der Waals surface area contributed by atoms with Gasteiger partial charge in [0, 0.05) is 24.7 Å². The minimum atomic E-state index is -0.316. The summed E-state index contributed by atoms with van der Waals surface area (Å²) in [6.07, 6.45) is 3.76. The average molecular weight is 234 g/mol. The fourth-order valence-corrected chi connectivity index (χ4v) is 2.13. The van der Waals surface area contributed by atoms with E-state index in [0.29, 0.717) is 12.0 Å². The van der Waals surface area contributed by atoms with Gasteiger partial charge in [0.05, 0.1) is 4.92 Å². The quantitative estimate of drug-likeness (QED) is 0.608. The maximum Gasteiger partial charge on any atom is 0.273 e. The second-order valence-electron chi connectivity index (χ2n) is 4.84. The van der Waals surface area contributed by atoms with E-state index in [1.165, 1.54) is 19.3 Å². The number of hydrogen-bond donors (Lipinski definition) is 1. The Labute approximate surface area is 101 Å². The Morgan fingerprint density at radius 1 is 1.41 bits per heavy atom. The van der Waals surface area contributed by atoms with Crippen LogP contribution in [-0.2, 0) is 6.54 Å². The van der Waals surface area contributed by atoms with E-state index in [4.69, 9.17) is 0 Å². The van der Waals surface area contributed by atoms with Crippen LogP contribution in [0.1, 0.15) is 31.7 Å². The van der Waals surface area contributed by atoms with Crippen LogP contribution in [0.25, 0.3) is 0 Å². The van der Waals surface area contributed by atoms with Crippen molar-refractivity contribution in [2.75, 3.05) is 6.54 Å². The number of rotatable bonds is 6. The molecule has 1 aromatic carbocycles. The zero-order chi connectivity index (χ0) is 12.3. The summed E-state index contributed by atoms with van der Waals surface area (Å²) in [7, 11) is 0. The zero-order valence-corrected chi connectivity index (χ0v) is 10.1. The molecule has 1 saturated carbocycles. The van der Waals surface area contributed by atoms with E-state index >= 15 is 0 Å². The number of nitrogens with zero attached hydrogens (tertiary/aromatic N) is 1. The molecule has 0 heterocycles.